The Kier molecular flexibility index (Phi) is 14.5. The molecule has 0 spiro atoms. The topological polar surface area (TPSA) is 83.9 Å². The van der Waals surface area contributed by atoms with Crippen LogP contribution in [-0.4, -0.2) is 76.3 Å². The summed E-state index contributed by atoms with van der Waals surface area (Å²) in [6, 6.07) is 35.6. The number of nitrogens with one attached hydrogen (secondary N) is 1. The van der Waals surface area contributed by atoms with Gasteiger partial charge in [-0.05, 0) is 113 Å². The third kappa shape index (κ3) is 12.9. The molecule has 1 amide bonds. The number of para-hydroxylation sites is 1. The van der Waals surface area contributed by atoms with E-state index in [1.807, 2.05) is 66.7 Å². The number of carbonyl (C=O) groups excluding carboxylic acids is 1. The molecule has 1 aliphatic heterocycles. The molecular formula is C46H56FN3O4S. The first-order valence-electron chi connectivity index (χ1n) is 18.8. The normalized spacial score (nSPS) is 14.8. The Bertz CT molecular complexity index is 1930. The largest absolute Gasteiger partial charge is 0.491 e. The molecule has 2 N–H and O–H groups in total. The number of benzene rings is 4. The van der Waals surface area contributed by atoms with Crippen LogP contribution in [0.15, 0.2) is 121 Å². The number of aliphatic hydroxyl groups is 1. The maximum atomic E-state index is 13.2. The third-order valence-corrected chi connectivity index (χ3v) is 13.7. The Morgan fingerprint density at radius 1 is 0.927 bits per heavy atom. The van der Waals surface area contributed by atoms with Crippen LogP contribution in [0.3, 0.4) is 0 Å². The highest BCUT2D eigenvalue weighted by atomic mass is 32.3. The summed E-state index contributed by atoms with van der Waals surface area (Å²) in [6.45, 7) is 9.23. The second-order valence-corrected chi connectivity index (χ2v) is 20.6. The number of pyridine rings is 1. The molecule has 1 aliphatic rings. The number of rotatable bonds is 13. The first-order valence-corrected chi connectivity index (χ1v) is 21.7. The highest BCUT2D eigenvalue weighted by Gasteiger charge is 2.25. The van der Waals surface area contributed by atoms with Gasteiger partial charge in [-0.1, -0.05) is 87.5 Å². The Morgan fingerprint density at radius 2 is 1.58 bits per heavy atom. The average molecular weight is 766 g/mol. The molecule has 6 rings (SSSR count). The number of hydrogen-bond acceptors (Lipinski definition) is 6. The molecule has 0 saturated heterocycles. The summed E-state index contributed by atoms with van der Waals surface area (Å²) in [7, 11) is -0.340. The second kappa shape index (κ2) is 19.2. The van der Waals surface area contributed by atoms with Crippen LogP contribution in [0.5, 0.6) is 11.5 Å². The molecule has 5 aromatic rings. The highest BCUT2D eigenvalue weighted by Crippen LogP contribution is 2.48. The van der Waals surface area contributed by atoms with Gasteiger partial charge in [-0.3, -0.25) is 14.7 Å². The zero-order valence-corrected chi connectivity index (χ0v) is 33.8. The van der Waals surface area contributed by atoms with Crippen molar-refractivity contribution in [2.45, 2.75) is 63.7 Å². The number of carbonyl (C=O) groups is 1. The molecule has 2 heterocycles. The van der Waals surface area contributed by atoms with Crippen LogP contribution >= 0.6 is 10.0 Å². The quantitative estimate of drug-likeness (QED) is 0.125. The van der Waals surface area contributed by atoms with Gasteiger partial charge < -0.3 is 19.9 Å². The predicted octanol–water partition coefficient (Wildman–Crippen LogP) is 8.93. The van der Waals surface area contributed by atoms with Crippen molar-refractivity contribution in [1.29, 1.82) is 0 Å². The van der Waals surface area contributed by atoms with Gasteiger partial charge in [-0.2, -0.15) is 0 Å². The Morgan fingerprint density at radius 3 is 2.25 bits per heavy atom. The van der Waals surface area contributed by atoms with E-state index >= 15 is 0 Å². The molecular weight excluding hydrogens is 710 g/mol. The monoisotopic (exact) mass is 765 g/mol. The first kappa shape index (κ1) is 41.5. The van der Waals surface area contributed by atoms with Gasteiger partial charge in [0.2, 0.25) is 0 Å². The number of amides is 1. The van der Waals surface area contributed by atoms with Crippen molar-refractivity contribution in [2.24, 2.45) is 0 Å². The number of aliphatic hydroxyl groups excluding tert-OH is 1. The summed E-state index contributed by atoms with van der Waals surface area (Å²) >= 11 is 0. The van der Waals surface area contributed by atoms with Crippen molar-refractivity contribution < 1.29 is 23.8 Å². The molecule has 0 saturated carbocycles. The lowest BCUT2D eigenvalue weighted by atomic mass is 9.96. The minimum absolute atomic E-state index is 0.0309. The molecule has 0 fully saturated rings. The summed E-state index contributed by atoms with van der Waals surface area (Å²) in [5.74, 6) is 0.980. The van der Waals surface area contributed by atoms with Crippen molar-refractivity contribution >= 4 is 15.9 Å². The van der Waals surface area contributed by atoms with E-state index in [1.54, 1.807) is 24.4 Å². The molecule has 2 unspecified atom stereocenters. The molecule has 9 heteroatoms. The Balaban J connectivity index is 0.000000654. The maximum Gasteiger partial charge on any atom is 0.270 e. The average Bonchev–Trinajstić information content (AvgIpc) is 3.17. The van der Waals surface area contributed by atoms with Crippen LogP contribution in [0.25, 0.3) is 11.1 Å². The van der Waals surface area contributed by atoms with Crippen LogP contribution < -0.4 is 14.8 Å². The lowest BCUT2D eigenvalue weighted by Crippen LogP contribution is -2.42. The third-order valence-electron chi connectivity index (χ3n) is 9.98. The molecule has 292 valence electrons. The standard InChI is InChI=1S/C39H38FN3O4.C7H18S/c40-33-15-11-28(12-16-33)23-42-39(45)37-22-31(19-20-41-37)30-14-18-38-32(21-30)13-17-36(47-38)26-43(24-29-7-3-1-4-8-29)25-34(44)27-46-35-9-5-2-6-10-35;1-7(2,3)8(4,5)6/h1-12,14-16,18-22,34,36,44H,13,17,23-27H2,(H,42,45);1-6H3. The predicted molar refractivity (Wildman–Crippen MR) is 225 cm³/mol. The molecule has 0 aliphatic carbocycles. The zero-order valence-electron chi connectivity index (χ0n) is 33.0. The van der Waals surface area contributed by atoms with E-state index in [4.69, 9.17) is 9.47 Å². The number of halogens is 1. The SMILES string of the molecule is CC(C)(C)S(C)(C)C.O=C(NCc1ccc(F)cc1)c1cc(-c2ccc3c(c2)CCC(CN(Cc2ccccc2)CC(O)COc2ccccc2)O3)ccn1. The van der Waals surface area contributed by atoms with Crippen molar-refractivity contribution in [1.82, 2.24) is 15.2 Å². The molecule has 4 aromatic carbocycles. The van der Waals surface area contributed by atoms with Crippen LogP contribution in [-0.2, 0) is 19.5 Å². The summed E-state index contributed by atoms with van der Waals surface area (Å²) in [4.78, 5) is 19.3. The number of hydrogen-bond donors (Lipinski definition) is 2. The van der Waals surface area contributed by atoms with Gasteiger partial charge in [0.05, 0.1) is 0 Å². The number of fused-ring (bicyclic) bond motifs is 1. The van der Waals surface area contributed by atoms with Crippen LogP contribution in [0.1, 0.15) is 54.4 Å². The van der Waals surface area contributed by atoms with Crippen LogP contribution in [0.2, 0.25) is 0 Å². The van der Waals surface area contributed by atoms with Gasteiger partial charge in [-0.25, -0.2) is 14.4 Å². The van der Waals surface area contributed by atoms with Gasteiger partial charge in [0.25, 0.3) is 5.91 Å². The van der Waals surface area contributed by atoms with Gasteiger partial charge in [0.1, 0.15) is 41.8 Å². The summed E-state index contributed by atoms with van der Waals surface area (Å²) < 4.78 is 26.0. The molecule has 7 nitrogen and oxygen atoms in total. The molecule has 0 bridgehead atoms. The number of aromatic nitrogens is 1. The molecule has 55 heavy (non-hydrogen) atoms. The van der Waals surface area contributed by atoms with E-state index in [9.17, 15) is 14.3 Å². The van der Waals surface area contributed by atoms with Crippen molar-refractivity contribution in [3.63, 3.8) is 0 Å². The number of ether oxygens (including phenoxy) is 2. The van der Waals surface area contributed by atoms with E-state index in [0.29, 0.717) is 30.1 Å². The van der Waals surface area contributed by atoms with Gasteiger partial charge in [-0.15, -0.1) is 0 Å². The molecule has 1 aromatic heterocycles. The van der Waals surface area contributed by atoms with E-state index < -0.39 is 6.10 Å². The van der Waals surface area contributed by atoms with Crippen molar-refractivity contribution in [3.05, 3.63) is 150 Å². The van der Waals surface area contributed by atoms with E-state index in [2.05, 4.69) is 72.9 Å². The molecule has 2 atom stereocenters. The van der Waals surface area contributed by atoms with Crippen molar-refractivity contribution in [3.8, 4) is 22.6 Å². The number of nitrogens with zero attached hydrogens (tertiary/aromatic N) is 2. The fourth-order valence-corrected chi connectivity index (χ4v) is 5.76. The lowest BCUT2D eigenvalue weighted by molar-refractivity contribution is 0.0434. The highest BCUT2D eigenvalue weighted by molar-refractivity contribution is 8.33. The fraction of sp³-hybridized carbons (Fsp3) is 0.348. The minimum atomic E-state index is -0.660. The van der Waals surface area contributed by atoms with E-state index in [-0.39, 0.29) is 41.0 Å². The van der Waals surface area contributed by atoms with Gasteiger partial charge >= 0.3 is 0 Å². The Labute approximate surface area is 328 Å². The Hall–Kier alpha value is -4.70. The summed E-state index contributed by atoms with van der Waals surface area (Å²) in [6.07, 6.45) is 9.69. The minimum Gasteiger partial charge on any atom is -0.491 e. The first-order chi connectivity index (χ1) is 26.2. The zero-order chi connectivity index (χ0) is 39.4. The van der Waals surface area contributed by atoms with Gasteiger partial charge in [0, 0.05) is 32.4 Å². The van der Waals surface area contributed by atoms with Gasteiger partial charge in [0.15, 0.2) is 0 Å². The van der Waals surface area contributed by atoms with Crippen molar-refractivity contribution in [2.75, 3.05) is 38.5 Å². The number of aryl methyl sites for hydroxylation is 1. The van der Waals surface area contributed by atoms with Crippen LogP contribution in [0.4, 0.5) is 4.39 Å². The maximum absolute atomic E-state index is 13.2. The summed E-state index contributed by atoms with van der Waals surface area (Å²) in [5, 5.41) is 13.7. The fourth-order valence-electron chi connectivity index (χ4n) is 5.76. The molecule has 0 radical (unpaired) electrons. The smallest absolute Gasteiger partial charge is 0.270 e. The lowest BCUT2D eigenvalue weighted by Gasteiger charge is -2.40. The second-order valence-electron chi connectivity index (χ2n) is 15.7. The van der Waals surface area contributed by atoms with E-state index in [0.717, 1.165) is 46.6 Å². The van der Waals surface area contributed by atoms with Crippen LogP contribution in [0, 0.1) is 5.82 Å². The van der Waals surface area contributed by atoms with E-state index in [1.165, 1.54) is 17.7 Å². The summed E-state index contributed by atoms with van der Waals surface area (Å²) in [5.41, 5.74) is 5.27.